The molecule has 0 aliphatic heterocycles. The second kappa shape index (κ2) is 6.00. The molecule has 0 fully saturated rings. The van der Waals surface area contributed by atoms with E-state index in [1.54, 1.807) is 18.2 Å². The first-order valence-corrected chi connectivity index (χ1v) is 6.69. The highest BCUT2D eigenvalue weighted by molar-refractivity contribution is 9.10. The number of nitro benzene ring substituents is 1. The Morgan fingerprint density at radius 1 is 1.30 bits per heavy atom. The fraction of sp³-hybridized carbons (Fsp3) is 0.143. The fourth-order valence-corrected chi connectivity index (χ4v) is 2.21. The van der Waals surface area contributed by atoms with Gasteiger partial charge in [-0.15, -0.1) is 0 Å². The minimum Gasteiger partial charge on any atom is -0.381 e. The Hall–Kier alpha value is -1.95. The predicted molar refractivity (Wildman–Crippen MR) is 79.3 cm³/mol. The zero-order valence-corrected chi connectivity index (χ0v) is 12.3. The molecular weight excluding hydrogens is 327 g/mol. The van der Waals surface area contributed by atoms with Gasteiger partial charge in [0.25, 0.3) is 5.69 Å². The lowest BCUT2D eigenvalue weighted by atomic mass is 10.1. The molecule has 2 aromatic carbocycles. The molecule has 0 bridgehead atoms. The van der Waals surface area contributed by atoms with Gasteiger partial charge in [-0.25, -0.2) is 4.39 Å². The normalized spacial score (nSPS) is 10.3. The van der Waals surface area contributed by atoms with Crippen molar-refractivity contribution in [3.63, 3.8) is 0 Å². The van der Waals surface area contributed by atoms with Crippen LogP contribution in [-0.4, -0.2) is 4.92 Å². The second-order valence-electron chi connectivity index (χ2n) is 4.35. The van der Waals surface area contributed by atoms with Crippen molar-refractivity contribution >= 4 is 27.3 Å². The highest BCUT2D eigenvalue weighted by Crippen LogP contribution is 2.28. The van der Waals surface area contributed by atoms with Crippen LogP contribution in [0.3, 0.4) is 0 Å². The van der Waals surface area contributed by atoms with Crippen molar-refractivity contribution in [3.8, 4) is 0 Å². The average Bonchev–Trinajstić information content (AvgIpc) is 2.39. The van der Waals surface area contributed by atoms with Gasteiger partial charge >= 0.3 is 0 Å². The summed E-state index contributed by atoms with van der Waals surface area (Å²) in [5.41, 5.74) is 2.43. The van der Waals surface area contributed by atoms with E-state index in [4.69, 9.17) is 0 Å². The number of halogens is 2. The van der Waals surface area contributed by atoms with E-state index in [1.807, 2.05) is 6.92 Å². The molecule has 0 saturated carbocycles. The molecule has 2 aromatic rings. The van der Waals surface area contributed by atoms with E-state index < -0.39 is 4.92 Å². The number of nitrogens with one attached hydrogen (secondary N) is 1. The first-order chi connectivity index (χ1) is 9.47. The van der Waals surface area contributed by atoms with Crippen LogP contribution >= 0.6 is 15.9 Å². The molecule has 20 heavy (non-hydrogen) atoms. The van der Waals surface area contributed by atoms with Crippen LogP contribution in [0.1, 0.15) is 11.1 Å². The van der Waals surface area contributed by atoms with Gasteiger partial charge in [0.1, 0.15) is 5.82 Å². The standard InChI is InChI=1S/C14H12BrFN2O2/c1-9-6-11(16)3-2-10(9)8-17-12-4-5-13(15)14(7-12)18(19)20/h2-7,17H,8H2,1H3. The molecule has 0 amide bonds. The van der Waals surface area contributed by atoms with E-state index in [0.717, 1.165) is 11.1 Å². The van der Waals surface area contributed by atoms with Crippen LogP contribution in [-0.2, 0) is 6.54 Å². The van der Waals surface area contributed by atoms with Crippen molar-refractivity contribution in [2.75, 3.05) is 5.32 Å². The lowest BCUT2D eigenvalue weighted by Crippen LogP contribution is -2.02. The smallest absolute Gasteiger partial charge is 0.285 e. The number of hydrogen-bond donors (Lipinski definition) is 1. The maximum absolute atomic E-state index is 13.0. The topological polar surface area (TPSA) is 55.2 Å². The summed E-state index contributed by atoms with van der Waals surface area (Å²) in [5, 5.41) is 13.9. The minimum absolute atomic E-state index is 0.00540. The van der Waals surface area contributed by atoms with E-state index in [-0.39, 0.29) is 11.5 Å². The molecule has 0 atom stereocenters. The average molecular weight is 339 g/mol. The quantitative estimate of drug-likeness (QED) is 0.663. The summed E-state index contributed by atoms with van der Waals surface area (Å²) in [7, 11) is 0. The summed E-state index contributed by atoms with van der Waals surface area (Å²) in [6, 6.07) is 9.39. The van der Waals surface area contributed by atoms with Gasteiger partial charge in [0.15, 0.2) is 0 Å². The van der Waals surface area contributed by atoms with Crippen molar-refractivity contribution in [3.05, 3.63) is 67.9 Å². The Morgan fingerprint density at radius 3 is 2.70 bits per heavy atom. The molecule has 0 aliphatic rings. The van der Waals surface area contributed by atoms with Crippen molar-refractivity contribution in [1.29, 1.82) is 0 Å². The number of anilines is 1. The molecule has 6 heteroatoms. The summed E-state index contributed by atoms with van der Waals surface area (Å²) in [6.07, 6.45) is 0. The number of nitro groups is 1. The highest BCUT2D eigenvalue weighted by atomic mass is 79.9. The molecular formula is C14H12BrFN2O2. The molecule has 104 valence electrons. The molecule has 4 nitrogen and oxygen atoms in total. The third-order valence-electron chi connectivity index (χ3n) is 2.93. The van der Waals surface area contributed by atoms with Crippen LogP contribution in [0, 0.1) is 22.9 Å². The summed E-state index contributed by atoms with van der Waals surface area (Å²) >= 11 is 3.14. The van der Waals surface area contributed by atoms with Gasteiger partial charge in [0.05, 0.1) is 9.40 Å². The monoisotopic (exact) mass is 338 g/mol. The lowest BCUT2D eigenvalue weighted by molar-refractivity contribution is -0.385. The van der Waals surface area contributed by atoms with Crippen LogP contribution in [0.2, 0.25) is 0 Å². The molecule has 0 heterocycles. The third-order valence-corrected chi connectivity index (χ3v) is 3.60. The fourth-order valence-electron chi connectivity index (χ4n) is 1.82. The highest BCUT2D eigenvalue weighted by Gasteiger charge is 2.12. The Morgan fingerprint density at radius 2 is 2.05 bits per heavy atom. The van der Waals surface area contributed by atoms with E-state index >= 15 is 0 Å². The Balaban J connectivity index is 2.15. The first kappa shape index (κ1) is 14.5. The van der Waals surface area contributed by atoms with Gasteiger partial charge in [-0.3, -0.25) is 10.1 Å². The molecule has 0 spiro atoms. The van der Waals surface area contributed by atoms with Crippen LogP contribution in [0.4, 0.5) is 15.8 Å². The van der Waals surface area contributed by atoms with E-state index in [1.165, 1.54) is 18.2 Å². The number of hydrogen-bond acceptors (Lipinski definition) is 3. The van der Waals surface area contributed by atoms with Gasteiger partial charge < -0.3 is 5.32 Å². The van der Waals surface area contributed by atoms with Crippen molar-refractivity contribution < 1.29 is 9.31 Å². The summed E-state index contributed by atoms with van der Waals surface area (Å²) < 4.78 is 13.4. The summed E-state index contributed by atoms with van der Waals surface area (Å²) in [6.45, 7) is 2.30. The van der Waals surface area contributed by atoms with Gasteiger partial charge in [0, 0.05) is 18.3 Å². The first-order valence-electron chi connectivity index (χ1n) is 5.90. The number of benzene rings is 2. The molecule has 1 N–H and O–H groups in total. The molecule has 0 aromatic heterocycles. The second-order valence-corrected chi connectivity index (χ2v) is 5.20. The minimum atomic E-state index is -0.446. The molecule has 0 aliphatic carbocycles. The Kier molecular flexibility index (Phi) is 4.34. The van der Waals surface area contributed by atoms with Gasteiger partial charge in [0.2, 0.25) is 0 Å². The lowest BCUT2D eigenvalue weighted by Gasteiger charge is -2.09. The van der Waals surface area contributed by atoms with Crippen LogP contribution in [0.15, 0.2) is 40.9 Å². The van der Waals surface area contributed by atoms with Crippen LogP contribution < -0.4 is 5.32 Å². The zero-order valence-electron chi connectivity index (χ0n) is 10.7. The SMILES string of the molecule is Cc1cc(F)ccc1CNc1ccc(Br)c([N+](=O)[O-])c1. The summed E-state index contributed by atoms with van der Waals surface area (Å²) in [4.78, 5) is 10.4. The number of nitrogens with zero attached hydrogens (tertiary/aromatic N) is 1. The largest absolute Gasteiger partial charge is 0.381 e. The zero-order chi connectivity index (χ0) is 14.7. The van der Waals surface area contributed by atoms with Crippen molar-refractivity contribution in [1.82, 2.24) is 0 Å². The van der Waals surface area contributed by atoms with E-state index in [0.29, 0.717) is 16.7 Å². The van der Waals surface area contributed by atoms with Gasteiger partial charge in [-0.1, -0.05) is 6.07 Å². The molecule has 0 radical (unpaired) electrons. The molecule has 0 unspecified atom stereocenters. The van der Waals surface area contributed by atoms with Crippen LogP contribution in [0.5, 0.6) is 0 Å². The van der Waals surface area contributed by atoms with Gasteiger partial charge in [-0.05, 0) is 58.2 Å². The summed E-state index contributed by atoms with van der Waals surface area (Å²) in [5.74, 6) is -0.273. The third kappa shape index (κ3) is 3.33. The maximum Gasteiger partial charge on any atom is 0.285 e. The maximum atomic E-state index is 13.0. The molecule has 2 rings (SSSR count). The predicted octanol–water partition coefficient (Wildman–Crippen LogP) is 4.42. The number of aryl methyl sites for hydroxylation is 1. The van der Waals surface area contributed by atoms with Gasteiger partial charge in [-0.2, -0.15) is 0 Å². The van der Waals surface area contributed by atoms with Crippen LogP contribution in [0.25, 0.3) is 0 Å². The van der Waals surface area contributed by atoms with E-state index in [2.05, 4.69) is 21.2 Å². The van der Waals surface area contributed by atoms with Crippen molar-refractivity contribution in [2.45, 2.75) is 13.5 Å². The van der Waals surface area contributed by atoms with Crippen molar-refractivity contribution in [2.24, 2.45) is 0 Å². The van der Waals surface area contributed by atoms with E-state index in [9.17, 15) is 14.5 Å². The Labute approximate surface area is 123 Å². The molecule has 0 saturated heterocycles. The Bertz CT molecular complexity index is 662. The number of rotatable bonds is 4.